The van der Waals surface area contributed by atoms with Gasteiger partial charge in [0.1, 0.15) is 11.6 Å². The third-order valence-electron chi connectivity index (χ3n) is 4.75. The average Bonchev–Trinajstić information content (AvgIpc) is 2.58. The van der Waals surface area contributed by atoms with E-state index in [2.05, 4.69) is 11.9 Å². The zero-order valence-corrected chi connectivity index (χ0v) is 11.1. The highest BCUT2D eigenvalue weighted by atomic mass is 19.1. The van der Waals surface area contributed by atoms with Gasteiger partial charge in [-0.25, -0.2) is 8.78 Å². The number of hydrogen-bond donors (Lipinski definition) is 1. The summed E-state index contributed by atoms with van der Waals surface area (Å²) in [6.07, 6.45) is 3.85. The quantitative estimate of drug-likeness (QED) is 0.890. The molecule has 2 aliphatic heterocycles. The summed E-state index contributed by atoms with van der Waals surface area (Å²) < 4.78 is 26.6. The molecule has 3 rings (SSSR count). The van der Waals surface area contributed by atoms with E-state index in [4.69, 9.17) is 0 Å². The molecule has 2 unspecified atom stereocenters. The van der Waals surface area contributed by atoms with Gasteiger partial charge in [0.25, 0.3) is 0 Å². The highest BCUT2D eigenvalue weighted by molar-refractivity contribution is 5.21. The monoisotopic (exact) mass is 267 g/mol. The molecule has 1 aromatic carbocycles. The first kappa shape index (κ1) is 13.0. The fourth-order valence-corrected chi connectivity index (χ4v) is 3.71. The molecule has 1 N–H and O–H groups in total. The molecule has 0 aliphatic carbocycles. The van der Waals surface area contributed by atoms with Crippen LogP contribution in [0.3, 0.4) is 0 Å². The van der Waals surface area contributed by atoms with Crippen LogP contribution in [0.15, 0.2) is 18.2 Å². The van der Waals surface area contributed by atoms with E-state index in [1.807, 2.05) is 0 Å². The maximum Gasteiger partial charge on any atom is 0.129 e. The Balaban J connectivity index is 1.79. The number of aliphatic hydroxyl groups is 1. The summed E-state index contributed by atoms with van der Waals surface area (Å²) in [6, 6.07) is 4.38. The Morgan fingerprint density at radius 2 is 1.89 bits per heavy atom. The second-order valence-electron chi connectivity index (χ2n) is 6.10. The van der Waals surface area contributed by atoms with E-state index in [9.17, 15) is 13.9 Å². The van der Waals surface area contributed by atoms with Gasteiger partial charge in [-0.15, -0.1) is 0 Å². The van der Waals surface area contributed by atoms with E-state index < -0.39 is 17.2 Å². The Labute approximate surface area is 112 Å². The Bertz CT molecular complexity index is 477. The van der Waals surface area contributed by atoms with Gasteiger partial charge < -0.3 is 10.0 Å². The van der Waals surface area contributed by atoms with E-state index in [0.717, 1.165) is 18.9 Å². The molecule has 2 nitrogen and oxygen atoms in total. The zero-order valence-electron chi connectivity index (χ0n) is 11.1. The van der Waals surface area contributed by atoms with Gasteiger partial charge in [-0.1, -0.05) is 6.07 Å². The molecule has 2 heterocycles. The van der Waals surface area contributed by atoms with Gasteiger partial charge in [0.05, 0.1) is 5.60 Å². The van der Waals surface area contributed by atoms with E-state index >= 15 is 0 Å². The van der Waals surface area contributed by atoms with Gasteiger partial charge >= 0.3 is 0 Å². The molecule has 2 saturated heterocycles. The normalized spacial score (nSPS) is 34.7. The molecule has 19 heavy (non-hydrogen) atoms. The molecule has 0 amide bonds. The van der Waals surface area contributed by atoms with Crippen molar-refractivity contribution in [3.05, 3.63) is 35.4 Å². The first-order valence-electron chi connectivity index (χ1n) is 6.85. The first-order chi connectivity index (χ1) is 8.97. The van der Waals surface area contributed by atoms with Crippen LogP contribution in [0.4, 0.5) is 8.78 Å². The number of nitrogens with zero attached hydrogens (tertiary/aromatic N) is 1. The van der Waals surface area contributed by atoms with Crippen LogP contribution in [0.5, 0.6) is 0 Å². The molecule has 2 bridgehead atoms. The fraction of sp³-hybridized carbons (Fsp3) is 0.600. The molecule has 0 aromatic heterocycles. The summed E-state index contributed by atoms with van der Waals surface area (Å²) in [4.78, 5) is 2.33. The Morgan fingerprint density at radius 3 is 2.47 bits per heavy atom. The summed E-state index contributed by atoms with van der Waals surface area (Å²) in [5.74, 6) is -1.13. The van der Waals surface area contributed by atoms with Crippen LogP contribution >= 0.6 is 0 Å². The molecule has 2 aliphatic rings. The lowest BCUT2D eigenvalue weighted by Gasteiger charge is -2.42. The molecule has 2 atom stereocenters. The lowest BCUT2D eigenvalue weighted by atomic mass is 9.81. The van der Waals surface area contributed by atoms with Crippen molar-refractivity contribution in [2.75, 3.05) is 7.05 Å². The summed E-state index contributed by atoms with van der Waals surface area (Å²) >= 11 is 0. The van der Waals surface area contributed by atoms with Crippen molar-refractivity contribution in [3.63, 3.8) is 0 Å². The van der Waals surface area contributed by atoms with Crippen LogP contribution < -0.4 is 0 Å². The molecule has 0 spiro atoms. The Hall–Kier alpha value is -1.00. The number of hydrogen-bond acceptors (Lipinski definition) is 2. The fourth-order valence-electron chi connectivity index (χ4n) is 3.71. The molecule has 2 fully saturated rings. The van der Waals surface area contributed by atoms with Gasteiger partial charge in [0, 0.05) is 24.6 Å². The third-order valence-corrected chi connectivity index (χ3v) is 4.75. The number of rotatable bonds is 2. The second-order valence-corrected chi connectivity index (χ2v) is 6.10. The SMILES string of the molecule is CN1C2CCC1CC(O)(Cc1ccc(F)cc1F)C2. The molecule has 0 saturated carbocycles. The van der Waals surface area contributed by atoms with Crippen molar-refractivity contribution in [1.29, 1.82) is 0 Å². The minimum atomic E-state index is -0.850. The molecular weight excluding hydrogens is 248 g/mol. The lowest BCUT2D eigenvalue weighted by molar-refractivity contribution is -0.0442. The van der Waals surface area contributed by atoms with Crippen molar-refractivity contribution in [2.45, 2.75) is 49.8 Å². The first-order valence-corrected chi connectivity index (χ1v) is 6.85. The van der Waals surface area contributed by atoms with Crippen molar-refractivity contribution >= 4 is 0 Å². The molecule has 1 aromatic rings. The highest BCUT2D eigenvalue weighted by Crippen LogP contribution is 2.41. The zero-order chi connectivity index (χ0) is 13.6. The van der Waals surface area contributed by atoms with Crippen molar-refractivity contribution in [2.24, 2.45) is 0 Å². The van der Waals surface area contributed by atoms with Crippen molar-refractivity contribution in [1.82, 2.24) is 4.90 Å². The van der Waals surface area contributed by atoms with Gasteiger partial charge in [-0.3, -0.25) is 0 Å². The summed E-state index contributed by atoms with van der Waals surface area (Å²) in [5, 5.41) is 10.7. The van der Waals surface area contributed by atoms with E-state index in [0.29, 0.717) is 30.5 Å². The predicted molar refractivity (Wildman–Crippen MR) is 68.8 cm³/mol. The van der Waals surface area contributed by atoms with Crippen LogP contribution in [0.25, 0.3) is 0 Å². The number of halogens is 2. The van der Waals surface area contributed by atoms with Crippen LogP contribution in [-0.2, 0) is 6.42 Å². The third kappa shape index (κ3) is 2.39. The Morgan fingerprint density at radius 1 is 1.26 bits per heavy atom. The average molecular weight is 267 g/mol. The number of benzene rings is 1. The smallest absolute Gasteiger partial charge is 0.129 e. The minimum absolute atomic E-state index is 0.278. The van der Waals surface area contributed by atoms with E-state index in [1.54, 1.807) is 0 Å². The highest BCUT2D eigenvalue weighted by Gasteiger charge is 2.45. The van der Waals surface area contributed by atoms with Crippen LogP contribution in [0, 0.1) is 11.6 Å². The molecule has 0 radical (unpaired) electrons. The Kier molecular flexibility index (Phi) is 3.10. The summed E-state index contributed by atoms with van der Waals surface area (Å²) in [6.45, 7) is 0. The maximum atomic E-state index is 13.7. The van der Waals surface area contributed by atoms with Crippen molar-refractivity contribution in [3.8, 4) is 0 Å². The molecule has 104 valence electrons. The topological polar surface area (TPSA) is 23.5 Å². The predicted octanol–water partition coefficient (Wildman–Crippen LogP) is 2.50. The van der Waals surface area contributed by atoms with Crippen molar-refractivity contribution < 1.29 is 13.9 Å². The second kappa shape index (κ2) is 4.53. The number of fused-ring (bicyclic) bond motifs is 2. The van der Waals surface area contributed by atoms with Crippen LogP contribution in [0.1, 0.15) is 31.2 Å². The van der Waals surface area contributed by atoms with Gasteiger partial charge in [-0.2, -0.15) is 0 Å². The van der Waals surface area contributed by atoms with Crippen LogP contribution in [0.2, 0.25) is 0 Å². The summed E-state index contributed by atoms with van der Waals surface area (Å²) in [7, 11) is 2.10. The molecular formula is C15H19F2NO. The van der Waals surface area contributed by atoms with Gasteiger partial charge in [-0.05, 0) is 44.4 Å². The van der Waals surface area contributed by atoms with E-state index in [-0.39, 0.29) is 6.42 Å². The van der Waals surface area contributed by atoms with E-state index in [1.165, 1.54) is 12.1 Å². The van der Waals surface area contributed by atoms with Crippen LogP contribution in [-0.4, -0.2) is 34.7 Å². The maximum absolute atomic E-state index is 13.7. The van der Waals surface area contributed by atoms with Gasteiger partial charge in [0.2, 0.25) is 0 Å². The largest absolute Gasteiger partial charge is 0.389 e. The number of piperidine rings is 1. The van der Waals surface area contributed by atoms with Gasteiger partial charge in [0.15, 0.2) is 0 Å². The molecule has 4 heteroatoms. The standard InChI is InChI=1S/C15H19F2NO/c1-18-12-4-5-13(18)9-15(19,8-12)7-10-2-3-11(16)6-14(10)17/h2-3,6,12-13,19H,4-5,7-9H2,1H3. The minimum Gasteiger partial charge on any atom is -0.389 e. The summed E-state index contributed by atoms with van der Waals surface area (Å²) in [5.41, 5.74) is -0.440. The lowest BCUT2D eigenvalue weighted by Crippen LogP contribution is -2.50.